The standard InChI is InChI=1S/C16H19N3O4S2/c1-10-7-25-16(17-10)19-15(21)9-24-8-14(20)18-11-4-5-12(22-2)13(6-11)23-3/h4-7H,8-9H2,1-3H3,(H,18,20)(H,17,19,21). The zero-order chi connectivity index (χ0) is 18.2. The lowest BCUT2D eigenvalue weighted by Crippen LogP contribution is -2.18. The van der Waals surface area contributed by atoms with Gasteiger partial charge in [-0.05, 0) is 19.1 Å². The summed E-state index contributed by atoms with van der Waals surface area (Å²) in [6, 6.07) is 5.12. The molecule has 0 fully saturated rings. The fourth-order valence-corrected chi connectivity index (χ4v) is 3.24. The minimum Gasteiger partial charge on any atom is -0.493 e. The lowest BCUT2D eigenvalue weighted by atomic mass is 10.2. The molecular weight excluding hydrogens is 362 g/mol. The summed E-state index contributed by atoms with van der Waals surface area (Å²) in [7, 11) is 3.08. The van der Waals surface area contributed by atoms with Crippen LogP contribution in [0.25, 0.3) is 0 Å². The van der Waals surface area contributed by atoms with Crippen molar-refractivity contribution in [1.82, 2.24) is 4.98 Å². The summed E-state index contributed by atoms with van der Waals surface area (Å²) in [6.07, 6.45) is 0. The van der Waals surface area contributed by atoms with Gasteiger partial charge < -0.3 is 20.1 Å². The van der Waals surface area contributed by atoms with E-state index in [1.807, 2.05) is 12.3 Å². The predicted octanol–water partition coefficient (Wildman–Crippen LogP) is 2.78. The molecule has 0 aliphatic heterocycles. The monoisotopic (exact) mass is 381 g/mol. The third-order valence-corrected chi connectivity index (χ3v) is 4.81. The Morgan fingerprint density at radius 1 is 1.12 bits per heavy atom. The molecule has 7 nitrogen and oxygen atoms in total. The fourth-order valence-electron chi connectivity index (χ4n) is 1.91. The number of carbonyl (C=O) groups is 2. The van der Waals surface area contributed by atoms with E-state index in [0.29, 0.717) is 22.3 Å². The number of benzene rings is 1. The van der Waals surface area contributed by atoms with Gasteiger partial charge in [0.2, 0.25) is 11.8 Å². The normalized spacial score (nSPS) is 10.2. The fraction of sp³-hybridized carbons (Fsp3) is 0.312. The van der Waals surface area contributed by atoms with Crippen molar-refractivity contribution in [3.05, 3.63) is 29.3 Å². The molecule has 0 saturated carbocycles. The smallest absolute Gasteiger partial charge is 0.236 e. The summed E-state index contributed by atoms with van der Waals surface area (Å²) < 4.78 is 10.3. The van der Waals surface area contributed by atoms with E-state index in [1.165, 1.54) is 30.2 Å². The van der Waals surface area contributed by atoms with Crippen LogP contribution in [0.4, 0.5) is 10.8 Å². The number of rotatable bonds is 8. The van der Waals surface area contributed by atoms with E-state index >= 15 is 0 Å². The summed E-state index contributed by atoms with van der Waals surface area (Å²) in [5.41, 5.74) is 1.47. The Bertz CT molecular complexity index is 749. The summed E-state index contributed by atoms with van der Waals surface area (Å²) in [6.45, 7) is 1.86. The average molecular weight is 381 g/mol. The number of hydrogen-bond donors (Lipinski definition) is 2. The Morgan fingerprint density at radius 2 is 1.80 bits per heavy atom. The zero-order valence-electron chi connectivity index (χ0n) is 14.1. The Balaban J connectivity index is 1.76. The summed E-state index contributed by atoms with van der Waals surface area (Å²) in [5, 5.41) is 7.88. The molecular formula is C16H19N3O4S2. The van der Waals surface area contributed by atoms with Crippen molar-refractivity contribution in [3.8, 4) is 11.5 Å². The van der Waals surface area contributed by atoms with Crippen LogP contribution >= 0.6 is 23.1 Å². The highest BCUT2D eigenvalue weighted by molar-refractivity contribution is 8.00. The molecule has 0 bridgehead atoms. The maximum Gasteiger partial charge on any atom is 0.236 e. The van der Waals surface area contributed by atoms with Crippen LogP contribution in [0.2, 0.25) is 0 Å². The van der Waals surface area contributed by atoms with E-state index in [2.05, 4.69) is 15.6 Å². The first-order chi connectivity index (χ1) is 12.0. The molecule has 25 heavy (non-hydrogen) atoms. The number of ether oxygens (including phenoxy) is 2. The second kappa shape index (κ2) is 9.28. The quantitative estimate of drug-likeness (QED) is 0.731. The maximum absolute atomic E-state index is 12.0. The van der Waals surface area contributed by atoms with Crippen molar-refractivity contribution in [2.45, 2.75) is 6.92 Å². The Kier molecular flexibility index (Phi) is 7.08. The van der Waals surface area contributed by atoms with E-state index in [1.54, 1.807) is 25.3 Å². The van der Waals surface area contributed by atoms with E-state index < -0.39 is 0 Å². The van der Waals surface area contributed by atoms with Crippen LogP contribution in [0, 0.1) is 6.92 Å². The number of anilines is 2. The third-order valence-electron chi connectivity index (χ3n) is 3.00. The number of carbonyl (C=O) groups excluding carboxylic acids is 2. The van der Waals surface area contributed by atoms with Crippen LogP contribution in [0.1, 0.15) is 5.69 Å². The highest BCUT2D eigenvalue weighted by Crippen LogP contribution is 2.29. The van der Waals surface area contributed by atoms with Gasteiger partial charge in [-0.25, -0.2) is 4.98 Å². The van der Waals surface area contributed by atoms with Gasteiger partial charge in [-0.15, -0.1) is 23.1 Å². The van der Waals surface area contributed by atoms with Crippen molar-refractivity contribution >= 4 is 45.7 Å². The molecule has 134 valence electrons. The Morgan fingerprint density at radius 3 is 2.40 bits per heavy atom. The molecule has 2 amide bonds. The lowest BCUT2D eigenvalue weighted by molar-refractivity contribution is -0.114. The SMILES string of the molecule is COc1ccc(NC(=O)CSCC(=O)Nc2nc(C)cs2)cc1OC. The van der Waals surface area contributed by atoms with Crippen LogP contribution in [-0.2, 0) is 9.59 Å². The number of methoxy groups -OCH3 is 2. The highest BCUT2D eigenvalue weighted by Gasteiger charge is 2.10. The van der Waals surface area contributed by atoms with Crippen molar-refractivity contribution in [1.29, 1.82) is 0 Å². The van der Waals surface area contributed by atoms with Gasteiger partial charge >= 0.3 is 0 Å². The van der Waals surface area contributed by atoms with Crippen molar-refractivity contribution < 1.29 is 19.1 Å². The van der Waals surface area contributed by atoms with Gasteiger partial charge in [0.15, 0.2) is 16.6 Å². The van der Waals surface area contributed by atoms with Gasteiger partial charge in [0, 0.05) is 17.1 Å². The van der Waals surface area contributed by atoms with Crippen molar-refractivity contribution in [2.75, 3.05) is 36.4 Å². The molecule has 0 atom stereocenters. The second-order valence-electron chi connectivity index (χ2n) is 4.95. The lowest BCUT2D eigenvalue weighted by Gasteiger charge is -2.10. The van der Waals surface area contributed by atoms with Crippen LogP contribution < -0.4 is 20.1 Å². The molecule has 1 aromatic carbocycles. The molecule has 2 aromatic rings. The van der Waals surface area contributed by atoms with Crippen LogP contribution in [0.15, 0.2) is 23.6 Å². The van der Waals surface area contributed by atoms with Crippen molar-refractivity contribution in [2.24, 2.45) is 0 Å². The molecule has 0 aliphatic rings. The molecule has 2 rings (SSSR count). The van der Waals surface area contributed by atoms with Gasteiger partial charge in [0.1, 0.15) is 0 Å². The van der Waals surface area contributed by atoms with Gasteiger partial charge in [-0.3, -0.25) is 9.59 Å². The third kappa shape index (κ3) is 5.95. The highest BCUT2D eigenvalue weighted by atomic mass is 32.2. The number of aromatic nitrogens is 1. The number of thioether (sulfide) groups is 1. The summed E-state index contributed by atoms with van der Waals surface area (Å²) >= 11 is 2.60. The molecule has 1 aromatic heterocycles. The minimum absolute atomic E-state index is 0.165. The number of hydrogen-bond acceptors (Lipinski definition) is 7. The molecule has 0 spiro atoms. The molecule has 2 N–H and O–H groups in total. The van der Waals surface area contributed by atoms with E-state index in [9.17, 15) is 9.59 Å². The van der Waals surface area contributed by atoms with E-state index in [0.717, 1.165) is 5.69 Å². The van der Waals surface area contributed by atoms with Crippen molar-refractivity contribution in [3.63, 3.8) is 0 Å². The zero-order valence-corrected chi connectivity index (χ0v) is 15.8. The average Bonchev–Trinajstić information content (AvgIpc) is 2.99. The van der Waals surface area contributed by atoms with Crippen LogP contribution in [0.3, 0.4) is 0 Å². The number of aryl methyl sites for hydroxylation is 1. The minimum atomic E-state index is -0.199. The topological polar surface area (TPSA) is 89.5 Å². The number of amides is 2. The predicted molar refractivity (Wildman–Crippen MR) is 101 cm³/mol. The maximum atomic E-state index is 12.0. The summed E-state index contributed by atoms with van der Waals surface area (Å²) in [4.78, 5) is 27.9. The molecule has 0 aliphatic carbocycles. The van der Waals surface area contributed by atoms with Gasteiger partial charge in [-0.1, -0.05) is 0 Å². The largest absolute Gasteiger partial charge is 0.493 e. The Hall–Kier alpha value is -2.26. The van der Waals surface area contributed by atoms with E-state index in [4.69, 9.17) is 9.47 Å². The Labute approximate surface area is 154 Å². The first kappa shape index (κ1) is 19.1. The number of nitrogens with one attached hydrogen (secondary N) is 2. The van der Waals surface area contributed by atoms with Gasteiger partial charge in [0.05, 0.1) is 31.4 Å². The van der Waals surface area contributed by atoms with Crippen LogP contribution in [0.5, 0.6) is 11.5 Å². The van der Waals surface area contributed by atoms with Gasteiger partial charge in [-0.2, -0.15) is 0 Å². The first-order valence-electron chi connectivity index (χ1n) is 7.33. The summed E-state index contributed by atoms with van der Waals surface area (Å²) in [5.74, 6) is 1.08. The second-order valence-corrected chi connectivity index (χ2v) is 6.80. The van der Waals surface area contributed by atoms with E-state index in [-0.39, 0.29) is 23.3 Å². The number of thiazole rings is 1. The number of nitrogens with zero attached hydrogens (tertiary/aromatic N) is 1. The van der Waals surface area contributed by atoms with Gasteiger partial charge in [0.25, 0.3) is 0 Å². The molecule has 0 saturated heterocycles. The molecule has 1 heterocycles. The first-order valence-corrected chi connectivity index (χ1v) is 9.37. The molecule has 0 unspecified atom stereocenters. The van der Waals surface area contributed by atoms with Crippen LogP contribution in [-0.4, -0.2) is 42.5 Å². The molecule has 0 radical (unpaired) electrons. The molecule has 9 heteroatoms.